The smallest absolute Gasteiger partial charge is 0.339 e. The summed E-state index contributed by atoms with van der Waals surface area (Å²) in [4.78, 5) is 10.9. The Balaban J connectivity index is 2.56. The van der Waals surface area contributed by atoms with Crippen LogP contribution in [0.15, 0.2) is 27.4 Å². The van der Waals surface area contributed by atoms with Crippen LogP contribution in [-0.4, -0.2) is 20.9 Å². The number of carboxylic acid groups (broad SMARTS) is 1. The maximum Gasteiger partial charge on any atom is 0.339 e. The van der Waals surface area contributed by atoms with Crippen LogP contribution in [0.3, 0.4) is 0 Å². The van der Waals surface area contributed by atoms with Gasteiger partial charge in [-0.15, -0.1) is 0 Å². The number of furan rings is 1. The average molecular weight is 271 g/mol. The summed E-state index contributed by atoms with van der Waals surface area (Å²) in [5.41, 5.74) is 0.454. The number of carboxylic acids is 1. The van der Waals surface area contributed by atoms with Crippen molar-refractivity contribution in [3.8, 4) is 11.5 Å². The van der Waals surface area contributed by atoms with E-state index in [1.165, 1.54) is 10.9 Å². The highest BCUT2D eigenvalue weighted by atomic mass is 79.9. The zero-order chi connectivity index (χ0) is 11.0. The number of halogens is 1. The summed E-state index contributed by atoms with van der Waals surface area (Å²) in [5.74, 6) is -0.592. The van der Waals surface area contributed by atoms with Crippen LogP contribution in [0.2, 0.25) is 0 Å². The minimum absolute atomic E-state index is 0.124. The molecule has 0 atom stereocenters. The number of aryl methyl sites for hydroxylation is 1. The molecule has 2 aromatic heterocycles. The monoisotopic (exact) mass is 270 g/mol. The fraction of sp³-hybridized carbons (Fsp3) is 0.111. The fourth-order valence-corrected chi connectivity index (χ4v) is 1.58. The summed E-state index contributed by atoms with van der Waals surface area (Å²) in [6.45, 7) is 0. The van der Waals surface area contributed by atoms with E-state index in [-0.39, 0.29) is 5.56 Å². The topological polar surface area (TPSA) is 68.3 Å². The Morgan fingerprint density at radius 3 is 2.87 bits per heavy atom. The normalized spacial score (nSPS) is 10.5. The van der Waals surface area contributed by atoms with Gasteiger partial charge in [0.25, 0.3) is 0 Å². The first kappa shape index (κ1) is 9.97. The molecular weight excluding hydrogens is 264 g/mol. The standard InChI is InChI=1S/C9H7BrN2O3/c1-12-4-5(9(13)14)8(11-12)6-2-3-7(10)15-6/h2-4H,1H3,(H,13,14). The lowest BCUT2D eigenvalue weighted by molar-refractivity contribution is 0.0697. The van der Waals surface area contributed by atoms with Gasteiger partial charge in [0.2, 0.25) is 0 Å². The van der Waals surface area contributed by atoms with Gasteiger partial charge in [0.15, 0.2) is 10.4 Å². The van der Waals surface area contributed by atoms with Crippen LogP contribution in [-0.2, 0) is 7.05 Å². The van der Waals surface area contributed by atoms with E-state index in [2.05, 4.69) is 21.0 Å². The van der Waals surface area contributed by atoms with Crippen molar-refractivity contribution in [2.24, 2.45) is 7.05 Å². The van der Waals surface area contributed by atoms with Crippen LogP contribution in [0.1, 0.15) is 10.4 Å². The van der Waals surface area contributed by atoms with E-state index in [4.69, 9.17) is 9.52 Å². The maximum absolute atomic E-state index is 10.9. The van der Waals surface area contributed by atoms with Crippen LogP contribution < -0.4 is 0 Å². The van der Waals surface area contributed by atoms with E-state index in [1.807, 2.05) is 0 Å². The number of carbonyl (C=O) groups is 1. The molecule has 0 saturated carbocycles. The first-order valence-corrected chi connectivity index (χ1v) is 4.90. The molecule has 0 spiro atoms. The molecule has 0 aliphatic heterocycles. The molecule has 0 amide bonds. The summed E-state index contributed by atoms with van der Waals surface area (Å²) in [6, 6.07) is 3.36. The Bertz CT molecular complexity index is 515. The summed E-state index contributed by atoms with van der Waals surface area (Å²) in [5, 5.41) is 13.0. The summed E-state index contributed by atoms with van der Waals surface area (Å²) in [6.07, 6.45) is 1.44. The molecular formula is C9H7BrN2O3. The molecule has 0 aromatic carbocycles. The molecule has 0 radical (unpaired) electrons. The molecule has 2 rings (SSSR count). The first-order valence-electron chi connectivity index (χ1n) is 4.10. The predicted molar refractivity (Wildman–Crippen MR) is 55.6 cm³/mol. The van der Waals surface area contributed by atoms with E-state index in [0.29, 0.717) is 16.1 Å². The largest absolute Gasteiger partial charge is 0.478 e. The lowest BCUT2D eigenvalue weighted by Gasteiger charge is -1.92. The lowest BCUT2D eigenvalue weighted by atomic mass is 10.2. The highest BCUT2D eigenvalue weighted by Gasteiger charge is 2.18. The SMILES string of the molecule is Cn1cc(C(=O)O)c(-c2ccc(Br)o2)n1. The summed E-state index contributed by atoms with van der Waals surface area (Å²) < 4.78 is 7.23. The van der Waals surface area contributed by atoms with Crippen molar-refractivity contribution >= 4 is 21.9 Å². The molecule has 0 unspecified atom stereocenters. The van der Waals surface area contributed by atoms with Gasteiger partial charge in [-0.05, 0) is 28.1 Å². The van der Waals surface area contributed by atoms with Crippen LogP contribution in [0.5, 0.6) is 0 Å². The quantitative estimate of drug-likeness (QED) is 0.908. The van der Waals surface area contributed by atoms with E-state index in [9.17, 15) is 4.79 Å². The third kappa shape index (κ3) is 1.80. The Kier molecular flexibility index (Phi) is 2.36. The second-order valence-electron chi connectivity index (χ2n) is 2.97. The van der Waals surface area contributed by atoms with E-state index < -0.39 is 5.97 Å². The lowest BCUT2D eigenvalue weighted by Crippen LogP contribution is -1.95. The van der Waals surface area contributed by atoms with Gasteiger partial charge in [0, 0.05) is 13.2 Å². The number of rotatable bonds is 2. The van der Waals surface area contributed by atoms with Crippen molar-refractivity contribution in [1.82, 2.24) is 9.78 Å². The van der Waals surface area contributed by atoms with Crippen molar-refractivity contribution in [2.45, 2.75) is 0 Å². The second kappa shape index (κ2) is 3.54. The Hall–Kier alpha value is -1.56. The van der Waals surface area contributed by atoms with Gasteiger partial charge in [0.1, 0.15) is 11.3 Å². The van der Waals surface area contributed by atoms with Crippen molar-refractivity contribution in [2.75, 3.05) is 0 Å². The van der Waals surface area contributed by atoms with Gasteiger partial charge in [-0.1, -0.05) is 0 Å². The Labute approximate surface area is 93.4 Å². The zero-order valence-corrected chi connectivity index (χ0v) is 9.35. The van der Waals surface area contributed by atoms with Crippen molar-refractivity contribution in [3.63, 3.8) is 0 Å². The molecule has 1 N–H and O–H groups in total. The van der Waals surface area contributed by atoms with Gasteiger partial charge < -0.3 is 9.52 Å². The van der Waals surface area contributed by atoms with Crippen LogP contribution in [0, 0.1) is 0 Å². The van der Waals surface area contributed by atoms with Crippen molar-refractivity contribution in [1.29, 1.82) is 0 Å². The zero-order valence-electron chi connectivity index (χ0n) is 7.77. The van der Waals surface area contributed by atoms with Gasteiger partial charge in [-0.2, -0.15) is 5.10 Å². The molecule has 0 fully saturated rings. The summed E-state index contributed by atoms with van der Waals surface area (Å²) >= 11 is 3.15. The number of aromatic nitrogens is 2. The molecule has 15 heavy (non-hydrogen) atoms. The molecule has 78 valence electrons. The number of aromatic carboxylic acids is 1. The van der Waals surface area contributed by atoms with Gasteiger partial charge >= 0.3 is 5.97 Å². The average Bonchev–Trinajstić information content (AvgIpc) is 2.71. The third-order valence-corrected chi connectivity index (χ3v) is 2.29. The third-order valence-electron chi connectivity index (χ3n) is 1.87. The van der Waals surface area contributed by atoms with E-state index in [0.717, 1.165) is 0 Å². The molecule has 0 aliphatic carbocycles. The number of hydrogen-bond acceptors (Lipinski definition) is 3. The molecule has 2 heterocycles. The predicted octanol–water partition coefficient (Wildman–Crippen LogP) is 2.14. The van der Waals surface area contributed by atoms with Gasteiger partial charge in [0.05, 0.1) is 0 Å². The van der Waals surface area contributed by atoms with Gasteiger partial charge in [-0.25, -0.2) is 4.79 Å². The van der Waals surface area contributed by atoms with Crippen LogP contribution >= 0.6 is 15.9 Å². The highest BCUT2D eigenvalue weighted by molar-refractivity contribution is 9.10. The molecule has 5 nitrogen and oxygen atoms in total. The van der Waals surface area contributed by atoms with E-state index in [1.54, 1.807) is 19.2 Å². The fourth-order valence-electron chi connectivity index (χ4n) is 1.27. The molecule has 0 bridgehead atoms. The molecule has 2 aromatic rings. The van der Waals surface area contributed by atoms with Crippen molar-refractivity contribution < 1.29 is 14.3 Å². The maximum atomic E-state index is 10.9. The minimum Gasteiger partial charge on any atom is -0.478 e. The van der Waals surface area contributed by atoms with Crippen LogP contribution in [0.4, 0.5) is 0 Å². The van der Waals surface area contributed by atoms with E-state index >= 15 is 0 Å². The number of nitrogens with zero attached hydrogens (tertiary/aromatic N) is 2. The molecule has 0 aliphatic rings. The Morgan fingerprint density at radius 2 is 2.33 bits per heavy atom. The first-order chi connectivity index (χ1) is 7.08. The molecule has 0 saturated heterocycles. The van der Waals surface area contributed by atoms with Crippen LogP contribution in [0.25, 0.3) is 11.5 Å². The number of hydrogen-bond donors (Lipinski definition) is 1. The van der Waals surface area contributed by atoms with Gasteiger partial charge in [-0.3, -0.25) is 4.68 Å². The Morgan fingerprint density at radius 1 is 1.60 bits per heavy atom. The highest BCUT2D eigenvalue weighted by Crippen LogP contribution is 2.26. The summed E-state index contributed by atoms with van der Waals surface area (Å²) in [7, 11) is 1.66. The molecule has 6 heteroatoms. The second-order valence-corrected chi connectivity index (χ2v) is 3.76. The van der Waals surface area contributed by atoms with Crippen molar-refractivity contribution in [3.05, 3.63) is 28.6 Å². The minimum atomic E-state index is -1.02.